The number of ether oxygens (including phenoxy) is 2. The van der Waals surface area contributed by atoms with E-state index in [0.717, 1.165) is 5.56 Å². The Morgan fingerprint density at radius 2 is 1.47 bits per heavy atom. The van der Waals surface area contributed by atoms with E-state index in [1.54, 1.807) is 55.6 Å². The molecule has 0 spiro atoms. The Morgan fingerprint density at radius 1 is 0.844 bits per heavy atom. The first kappa shape index (κ1) is 22.9. The zero-order valence-corrected chi connectivity index (χ0v) is 18.5. The highest BCUT2D eigenvalue weighted by atomic mass is 16.5. The molecule has 2 amide bonds. The van der Waals surface area contributed by atoms with E-state index in [-0.39, 0.29) is 17.7 Å². The molecule has 1 atom stereocenters. The van der Waals surface area contributed by atoms with Crippen LogP contribution in [0.25, 0.3) is 0 Å². The molecule has 3 aromatic carbocycles. The van der Waals surface area contributed by atoms with Gasteiger partial charge in [-0.1, -0.05) is 44.2 Å². The lowest BCUT2D eigenvalue weighted by atomic mass is 10.0. The fourth-order valence-electron chi connectivity index (χ4n) is 3.10. The maximum atomic E-state index is 12.8. The molecule has 0 heterocycles. The molecule has 6 nitrogen and oxygen atoms in total. The number of benzene rings is 3. The monoisotopic (exact) mass is 432 g/mol. The zero-order chi connectivity index (χ0) is 22.9. The maximum Gasteiger partial charge on any atom is 0.251 e. The van der Waals surface area contributed by atoms with E-state index in [1.807, 2.05) is 44.2 Å². The predicted molar refractivity (Wildman–Crippen MR) is 125 cm³/mol. The third-order valence-corrected chi connectivity index (χ3v) is 4.96. The van der Waals surface area contributed by atoms with Gasteiger partial charge in [0.2, 0.25) is 5.91 Å². The summed E-state index contributed by atoms with van der Waals surface area (Å²) in [6, 6.07) is 23.1. The minimum Gasteiger partial charge on any atom is -0.497 e. The first-order chi connectivity index (χ1) is 15.5. The summed E-state index contributed by atoms with van der Waals surface area (Å²) < 4.78 is 10.9. The molecule has 0 unspecified atom stereocenters. The Balaban J connectivity index is 1.58. The van der Waals surface area contributed by atoms with E-state index in [2.05, 4.69) is 10.6 Å². The number of anilines is 1. The van der Waals surface area contributed by atoms with E-state index in [1.165, 1.54) is 0 Å². The van der Waals surface area contributed by atoms with Crippen molar-refractivity contribution in [2.75, 3.05) is 12.4 Å². The average molecular weight is 433 g/mol. The van der Waals surface area contributed by atoms with Crippen LogP contribution < -0.4 is 20.1 Å². The molecule has 0 saturated carbocycles. The molecule has 6 heteroatoms. The molecular weight excluding hydrogens is 404 g/mol. The molecule has 0 aromatic heterocycles. The Bertz CT molecular complexity index is 1020. The second kappa shape index (κ2) is 11.0. The van der Waals surface area contributed by atoms with Gasteiger partial charge in [-0.2, -0.15) is 0 Å². The van der Waals surface area contributed by atoms with Gasteiger partial charge in [0.1, 0.15) is 24.1 Å². The molecule has 166 valence electrons. The van der Waals surface area contributed by atoms with E-state index in [9.17, 15) is 9.59 Å². The van der Waals surface area contributed by atoms with Crippen molar-refractivity contribution in [2.24, 2.45) is 5.92 Å². The van der Waals surface area contributed by atoms with Crippen LogP contribution in [0.4, 0.5) is 5.69 Å². The topological polar surface area (TPSA) is 76.7 Å². The number of nitrogens with one attached hydrogen (secondary N) is 2. The predicted octanol–water partition coefficient (Wildman–Crippen LogP) is 4.67. The van der Waals surface area contributed by atoms with Crippen molar-refractivity contribution in [1.29, 1.82) is 0 Å². The maximum absolute atomic E-state index is 12.8. The van der Waals surface area contributed by atoms with Gasteiger partial charge in [0, 0.05) is 11.3 Å². The number of amides is 2. The van der Waals surface area contributed by atoms with Crippen LogP contribution in [0.1, 0.15) is 29.8 Å². The van der Waals surface area contributed by atoms with Crippen LogP contribution in [0, 0.1) is 5.92 Å². The van der Waals surface area contributed by atoms with Crippen molar-refractivity contribution in [3.8, 4) is 11.5 Å². The second-order valence-corrected chi connectivity index (χ2v) is 7.71. The Hall–Kier alpha value is -3.80. The third-order valence-electron chi connectivity index (χ3n) is 4.96. The minimum atomic E-state index is -0.682. The van der Waals surface area contributed by atoms with Crippen molar-refractivity contribution in [2.45, 2.75) is 26.5 Å². The molecule has 0 fully saturated rings. The van der Waals surface area contributed by atoms with Crippen molar-refractivity contribution >= 4 is 17.5 Å². The molecule has 2 N–H and O–H groups in total. The van der Waals surface area contributed by atoms with Crippen molar-refractivity contribution in [3.63, 3.8) is 0 Å². The van der Waals surface area contributed by atoms with Crippen molar-refractivity contribution in [3.05, 3.63) is 90.0 Å². The van der Waals surface area contributed by atoms with Gasteiger partial charge in [-0.15, -0.1) is 0 Å². The van der Waals surface area contributed by atoms with Crippen LogP contribution in [0.3, 0.4) is 0 Å². The number of carbonyl (C=O) groups is 2. The molecule has 0 aliphatic carbocycles. The van der Waals surface area contributed by atoms with Gasteiger partial charge < -0.3 is 20.1 Å². The molecule has 0 saturated heterocycles. The van der Waals surface area contributed by atoms with Gasteiger partial charge >= 0.3 is 0 Å². The number of methoxy groups -OCH3 is 1. The van der Waals surface area contributed by atoms with Gasteiger partial charge in [0.25, 0.3) is 5.91 Å². The van der Waals surface area contributed by atoms with Crippen LogP contribution >= 0.6 is 0 Å². The van der Waals surface area contributed by atoms with Gasteiger partial charge in [0.05, 0.1) is 7.11 Å². The molecule has 32 heavy (non-hydrogen) atoms. The lowest BCUT2D eigenvalue weighted by molar-refractivity contribution is -0.118. The fraction of sp³-hybridized carbons (Fsp3) is 0.231. The smallest absolute Gasteiger partial charge is 0.251 e. The average Bonchev–Trinajstić information content (AvgIpc) is 2.82. The van der Waals surface area contributed by atoms with Crippen molar-refractivity contribution < 1.29 is 19.1 Å². The Morgan fingerprint density at radius 3 is 2.06 bits per heavy atom. The summed E-state index contributed by atoms with van der Waals surface area (Å²) in [7, 11) is 1.57. The number of hydrogen-bond acceptors (Lipinski definition) is 4. The molecule has 3 aromatic rings. The summed E-state index contributed by atoms with van der Waals surface area (Å²) in [6.45, 7) is 4.25. The summed E-state index contributed by atoms with van der Waals surface area (Å²) in [4.78, 5) is 25.4. The SMILES string of the molecule is COc1ccc(C(=O)N[C@@H](C(=O)Nc2ccc(OCc3ccccc3)cc2)C(C)C)cc1. The lowest BCUT2D eigenvalue weighted by Crippen LogP contribution is -2.47. The van der Waals surface area contributed by atoms with Gasteiger partial charge in [-0.3, -0.25) is 9.59 Å². The summed E-state index contributed by atoms with van der Waals surface area (Å²) in [5.74, 6) is 0.688. The van der Waals surface area contributed by atoms with Crippen LogP contribution in [-0.2, 0) is 11.4 Å². The molecule has 0 aliphatic rings. The molecule has 0 bridgehead atoms. The summed E-state index contributed by atoms with van der Waals surface area (Å²) in [6.07, 6.45) is 0. The van der Waals surface area contributed by atoms with Crippen LogP contribution in [0.5, 0.6) is 11.5 Å². The lowest BCUT2D eigenvalue weighted by Gasteiger charge is -2.22. The Labute approximate surface area is 188 Å². The zero-order valence-electron chi connectivity index (χ0n) is 18.5. The summed E-state index contributed by atoms with van der Waals surface area (Å²) in [5, 5.41) is 5.69. The molecule has 0 radical (unpaired) electrons. The van der Waals surface area contributed by atoms with Gasteiger partial charge in [-0.25, -0.2) is 0 Å². The molecular formula is C26H28N2O4. The summed E-state index contributed by atoms with van der Waals surface area (Å²) in [5.41, 5.74) is 2.17. The van der Waals surface area contributed by atoms with E-state index in [4.69, 9.17) is 9.47 Å². The number of hydrogen-bond donors (Lipinski definition) is 2. The quantitative estimate of drug-likeness (QED) is 0.515. The molecule has 3 rings (SSSR count). The fourth-order valence-corrected chi connectivity index (χ4v) is 3.10. The van der Waals surface area contributed by atoms with E-state index in [0.29, 0.717) is 29.4 Å². The van der Waals surface area contributed by atoms with E-state index >= 15 is 0 Å². The van der Waals surface area contributed by atoms with Crippen LogP contribution in [0.15, 0.2) is 78.9 Å². The van der Waals surface area contributed by atoms with E-state index < -0.39 is 6.04 Å². The highest BCUT2D eigenvalue weighted by Crippen LogP contribution is 2.18. The number of carbonyl (C=O) groups excluding carboxylic acids is 2. The van der Waals surface area contributed by atoms with Crippen LogP contribution in [-0.4, -0.2) is 25.0 Å². The highest BCUT2D eigenvalue weighted by molar-refractivity contribution is 6.01. The molecule has 0 aliphatic heterocycles. The summed E-state index contributed by atoms with van der Waals surface area (Å²) >= 11 is 0. The standard InChI is InChI=1S/C26H28N2O4/c1-18(2)24(28-25(29)20-9-13-22(31-3)14-10-20)26(30)27-21-11-15-23(16-12-21)32-17-19-7-5-4-6-8-19/h4-16,18,24H,17H2,1-3H3,(H,27,30)(H,28,29)/t24-/m1/s1. The minimum absolute atomic E-state index is 0.0920. The second-order valence-electron chi connectivity index (χ2n) is 7.71. The van der Waals surface area contributed by atoms with Crippen molar-refractivity contribution in [1.82, 2.24) is 5.32 Å². The first-order valence-corrected chi connectivity index (χ1v) is 10.5. The largest absolute Gasteiger partial charge is 0.497 e. The Kier molecular flexibility index (Phi) is 7.86. The third kappa shape index (κ3) is 6.35. The number of rotatable bonds is 9. The first-order valence-electron chi connectivity index (χ1n) is 10.5. The van der Waals surface area contributed by atoms with Crippen LogP contribution in [0.2, 0.25) is 0 Å². The van der Waals surface area contributed by atoms with Gasteiger partial charge in [0.15, 0.2) is 0 Å². The van der Waals surface area contributed by atoms with Gasteiger partial charge in [-0.05, 0) is 60.0 Å². The normalized spacial score (nSPS) is 11.5. The highest BCUT2D eigenvalue weighted by Gasteiger charge is 2.25.